The lowest BCUT2D eigenvalue weighted by molar-refractivity contribution is -0.143. The van der Waals surface area contributed by atoms with E-state index in [2.05, 4.69) is 15.0 Å². The predicted molar refractivity (Wildman–Crippen MR) is 167 cm³/mol. The SMILES string of the molecule is CC[C@@H]1CC(N(Cc2cc(C(F)(F)F)cc(C(F)(F)F)c2)c2ncc(N3CCOCC3)cn2)c2nc(OC)ccc2N1C1=N[C@H](CO)CO1. The van der Waals surface area contributed by atoms with Crippen molar-refractivity contribution in [2.45, 2.75) is 56.8 Å². The van der Waals surface area contributed by atoms with Crippen LogP contribution in [-0.4, -0.2) is 84.8 Å². The number of benzene rings is 1. The van der Waals surface area contributed by atoms with Crippen LogP contribution in [0.3, 0.4) is 0 Å². The molecule has 0 radical (unpaired) electrons. The van der Waals surface area contributed by atoms with Gasteiger partial charge in [-0.05, 0) is 42.7 Å². The van der Waals surface area contributed by atoms with Crippen molar-refractivity contribution in [1.82, 2.24) is 15.0 Å². The van der Waals surface area contributed by atoms with Crippen molar-refractivity contribution in [3.63, 3.8) is 0 Å². The number of aromatic nitrogens is 3. The molecule has 0 aliphatic carbocycles. The van der Waals surface area contributed by atoms with Crippen LogP contribution in [0.5, 0.6) is 5.88 Å². The molecule has 0 bridgehead atoms. The molecule has 49 heavy (non-hydrogen) atoms. The Labute approximate surface area is 278 Å². The highest BCUT2D eigenvalue weighted by molar-refractivity contribution is 5.94. The third-order valence-corrected chi connectivity index (χ3v) is 8.74. The summed E-state index contributed by atoms with van der Waals surface area (Å²) in [5.74, 6) is 0.324. The smallest absolute Gasteiger partial charge is 0.416 e. The van der Waals surface area contributed by atoms with Gasteiger partial charge >= 0.3 is 12.4 Å². The first kappa shape index (κ1) is 34.5. The fourth-order valence-electron chi connectivity index (χ4n) is 6.27. The van der Waals surface area contributed by atoms with E-state index in [-0.39, 0.29) is 55.2 Å². The van der Waals surface area contributed by atoms with Crippen molar-refractivity contribution in [3.05, 3.63) is 65.1 Å². The van der Waals surface area contributed by atoms with Gasteiger partial charge in [0.05, 0.1) is 73.6 Å². The standard InChI is InChI=1S/C32H35F6N7O4/c1-3-23-13-26(28-25(4-5-27(42-28)47-2)45(23)30-41-22(17-46)18-49-30)44(29-39-14-24(15-40-29)43-6-8-48-9-7-43)16-19-10-20(31(33,34)35)12-21(11-19)32(36,37)38/h4-5,10-12,14-15,22-23,26,46H,3,6-9,13,16-18H2,1-2H3/t22-,23-,26?/m1/s1. The molecule has 1 aromatic carbocycles. The van der Waals surface area contributed by atoms with Crippen LogP contribution in [0.2, 0.25) is 0 Å². The van der Waals surface area contributed by atoms with Crippen LogP contribution in [0.4, 0.5) is 43.7 Å². The molecule has 0 spiro atoms. The van der Waals surface area contributed by atoms with Gasteiger partial charge in [0, 0.05) is 31.7 Å². The maximum Gasteiger partial charge on any atom is 0.416 e. The number of anilines is 3. The number of morpholine rings is 1. The van der Waals surface area contributed by atoms with E-state index in [1.807, 2.05) is 16.7 Å². The maximum absolute atomic E-state index is 13.9. The van der Waals surface area contributed by atoms with Gasteiger partial charge in [-0.2, -0.15) is 26.3 Å². The van der Waals surface area contributed by atoms with E-state index in [4.69, 9.17) is 19.2 Å². The number of hydrogen-bond acceptors (Lipinski definition) is 11. The van der Waals surface area contributed by atoms with Crippen molar-refractivity contribution < 1.29 is 45.7 Å². The second-order valence-electron chi connectivity index (χ2n) is 11.9. The van der Waals surface area contributed by atoms with Gasteiger partial charge in [0.25, 0.3) is 6.02 Å². The number of fused-ring (bicyclic) bond motifs is 1. The number of alkyl halides is 6. The summed E-state index contributed by atoms with van der Waals surface area (Å²) in [7, 11) is 1.43. The average Bonchev–Trinajstić information content (AvgIpc) is 3.58. The zero-order valence-electron chi connectivity index (χ0n) is 26.7. The lowest BCUT2D eigenvalue weighted by Crippen LogP contribution is -2.48. The number of aliphatic imine (C=N–C) groups is 1. The summed E-state index contributed by atoms with van der Waals surface area (Å²) in [4.78, 5) is 23.9. The van der Waals surface area contributed by atoms with Crippen LogP contribution in [0.1, 0.15) is 48.2 Å². The molecule has 0 saturated carbocycles. The van der Waals surface area contributed by atoms with Crippen molar-refractivity contribution in [2.24, 2.45) is 4.99 Å². The van der Waals surface area contributed by atoms with Gasteiger partial charge in [0.15, 0.2) is 0 Å². The number of nitrogens with zero attached hydrogens (tertiary/aromatic N) is 7. The molecule has 2 aromatic heterocycles. The first-order valence-corrected chi connectivity index (χ1v) is 15.7. The quantitative estimate of drug-likeness (QED) is 0.315. The Balaban J connectivity index is 1.48. The molecule has 1 saturated heterocycles. The third kappa shape index (κ3) is 7.32. The van der Waals surface area contributed by atoms with Crippen molar-refractivity contribution in [1.29, 1.82) is 0 Å². The van der Waals surface area contributed by atoms with Gasteiger partial charge in [-0.25, -0.2) is 19.9 Å². The second kappa shape index (κ2) is 13.9. The molecule has 264 valence electrons. The molecule has 3 aliphatic rings. The molecule has 1 fully saturated rings. The predicted octanol–water partition coefficient (Wildman–Crippen LogP) is 5.24. The lowest BCUT2D eigenvalue weighted by atomic mass is 9.92. The molecule has 1 N–H and O–H groups in total. The monoisotopic (exact) mass is 695 g/mol. The Morgan fingerprint density at radius 3 is 2.24 bits per heavy atom. The van der Waals surface area contributed by atoms with Gasteiger partial charge in [-0.15, -0.1) is 0 Å². The molecule has 3 aromatic rings. The van der Waals surface area contributed by atoms with Gasteiger partial charge in [-0.1, -0.05) is 6.92 Å². The number of halogens is 6. The summed E-state index contributed by atoms with van der Waals surface area (Å²) in [6, 6.07) is 3.71. The summed E-state index contributed by atoms with van der Waals surface area (Å²) < 4.78 is 100. The summed E-state index contributed by atoms with van der Waals surface area (Å²) in [5, 5.41) is 9.69. The number of rotatable bonds is 8. The molecule has 1 unspecified atom stereocenters. The summed E-state index contributed by atoms with van der Waals surface area (Å²) in [6.45, 7) is 3.73. The van der Waals surface area contributed by atoms with Crippen molar-refractivity contribution in [2.75, 3.05) is 61.3 Å². The number of amidine groups is 1. The summed E-state index contributed by atoms with van der Waals surface area (Å²) in [5.41, 5.74) is -1.42. The van der Waals surface area contributed by atoms with E-state index in [1.54, 1.807) is 29.4 Å². The van der Waals surface area contributed by atoms with Crippen LogP contribution in [-0.2, 0) is 28.4 Å². The zero-order chi connectivity index (χ0) is 34.9. The Kier molecular flexibility index (Phi) is 9.75. The minimum atomic E-state index is -5.02. The van der Waals surface area contributed by atoms with Crippen molar-refractivity contribution >= 4 is 23.3 Å². The van der Waals surface area contributed by atoms with E-state index >= 15 is 0 Å². The molecule has 11 nitrogen and oxygen atoms in total. The first-order valence-electron chi connectivity index (χ1n) is 15.7. The van der Waals surface area contributed by atoms with Crippen LogP contribution in [0, 0.1) is 0 Å². The van der Waals surface area contributed by atoms with E-state index in [9.17, 15) is 31.4 Å². The molecule has 3 atom stereocenters. The highest BCUT2D eigenvalue weighted by Crippen LogP contribution is 2.44. The zero-order valence-corrected chi connectivity index (χ0v) is 26.7. The molecule has 17 heteroatoms. The molecule has 3 aliphatic heterocycles. The molecule has 5 heterocycles. The van der Waals surface area contributed by atoms with Crippen LogP contribution >= 0.6 is 0 Å². The summed E-state index contributed by atoms with van der Waals surface area (Å²) >= 11 is 0. The van der Waals surface area contributed by atoms with Gasteiger partial charge < -0.3 is 29.1 Å². The summed E-state index contributed by atoms with van der Waals surface area (Å²) in [6.07, 6.45) is -6.04. The Bertz CT molecular complexity index is 1620. The lowest BCUT2D eigenvalue weighted by Gasteiger charge is -2.44. The molecule has 6 rings (SSSR count). The van der Waals surface area contributed by atoms with E-state index < -0.39 is 42.1 Å². The van der Waals surface area contributed by atoms with Gasteiger partial charge in [-0.3, -0.25) is 4.90 Å². The number of methoxy groups -OCH3 is 1. The number of aliphatic hydroxyl groups excluding tert-OH is 1. The topological polar surface area (TPSA) is 109 Å². The van der Waals surface area contributed by atoms with E-state index in [0.29, 0.717) is 61.9 Å². The van der Waals surface area contributed by atoms with Crippen LogP contribution < -0.4 is 19.4 Å². The van der Waals surface area contributed by atoms with Crippen LogP contribution in [0.15, 0.2) is 47.7 Å². The maximum atomic E-state index is 13.9. The number of ether oxygens (including phenoxy) is 3. The van der Waals surface area contributed by atoms with Crippen molar-refractivity contribution in [3.8, 4) is 5.88 Å². The second-order valence-corrected chi connectivity index (χ2v) is 11.9. The highest BCUT2D eigenvalue weighted by atomic mass is 19.4. The van der Waals surface area contributed by atoms with E-state index in [1.165, 1.54) is 7.11 Å². The highest BCUT2D eigenvalue weighted by Gasteiger charge is 2.42. The normalized spacial score (nSPS) is 21.2. The number of hydrogen-bond donors (Lipinski definition) is 1. The fraction of sp³-hybridized carbons (Fsp3) is 0.500. The minimum Gasteiger partial charge on any atom is -0.481 e. The number of aliphatic hydroxyl groups is 1. The Morgan fingerprint density at radius 2 is 1.67 bits per heavy atom. The van der Waals surface area contributed by atoms with E-state index in [0.717, 1.165) is 0 Å². The Morgan fingerprint density at radius 1 is 1.00 bits per heavy atom. The Hall–Kier alpha value is -4.38. The first-order chi connectivity index (χ1) is 23.4. The van der Waals surface area contributed by atoms with Gasteiger partial charge in [0.1, 0.15) is 12.6 Å². The molecule has 0 amide bonds. The fourth-order valence-corrected chi connectivity index (χ4v) is 6.27. The van der Waals surface area contributed by atoms with Gasteiger partial charge in [0.2, 0.25) is 11.8 Å². The minimum absolute atomic E-state index is 0.0849. The molecular formula is C32H35F6N7O4. The number of pyridine rings is 1. The molecular weight excluding hydrogens is 660 g/mol. The average molecular weight is 696 g/mol. The third-order valence-electron chi connectivity index (χ3n) is 8.74. The largest absolute Gasteiger partial charge is 0.481 e. The van der Waals surface area contributed by atoms with Crippen LogP contribution in [0.25, 0.3) is 0 Å².